The summed E-state index contributed by atoms with van der Waals surface area (Å²) in [6, 6.07) is 4.83. The van der Waals surface area contributed by atoms with Crippen LogP contribution in [0.25, 0.3) is 0 Å². The lowest BCUT2D eigenvalue weighted by atomic mass is 9.82. The Kier molecular flexibility index (Phi) is 4.58. The number of piperidine rings is 1. The molecule has 0 saturated carbocycles. The molecule has 1 aliphatic heterocycles. The molecule has 0 unspecified atom stereocenters. The lowest BCUT2D eigenvalue weighted by molar-refractivity contribution is 0.126. The summed E-state index contributed by atoms with van der Waals surface area (Å²) in [6.07, 6.45) is 3.21. The lowest BCUT2D eigenvalue weighted by Crippen LogP contribution is -2.37. The summed E-state index contributed by atoms with van der Waals surface area (Å²) in [5, 5.41) is 0. The van der Waals surface area contributed by atoms with Gasteiger partial charge in [-0.1, -0.05) is 26.0 Å². The normalized spacial score (nSPS) is 19.4. The number of benzene rings is 1. The van der Waals surface area contributed by atoms with Crippen LogP contribution >= 0.6 is 0 Å². The molecule has 2 rings (SSSR count). The number of halogens is 1. The predicted molar refractivity (Wildman–Crippen MR) is 83.2 cm³/mol. The number of anilines is 1. The summed E-state index contributed by atoms with van der Waals surface area (Å²) in [5.41, 5.74) is 0.907. The van der Waals surface area contributed by atoms with Gasteiger partial charge in [0.05, 0.1) is 11.9 Å². The van der Waals surface area contributed by atoms with Crippen molar-refractivity contribution in [2.45, 2.75) is 33.2 Å². The van der Waals surface area contributed by atoms with Gasteiger partial charge in [-0.3, -0.25) is 9.62 Å². The van der Waals surface area contributed by atoms with Crippen molar-refractivity contribution in [1.29, 1.82) is 0 Å². The largest absolute Gasteiger partial charge is 0.299 e. The molecule has 0 aromatic heterocycles. The topological polar surface area (TPSA) is 49.4 Å². The van der Waals surface area contributed by atoms with Gasteiger partial charge in [-0.25, -0.2) is 12.8 Å². The van der Waals surface area contributed by atoms with Gasteiger partial charge in [-0.2, -0.15) is 0 Å². The van der Waals surface area contributed by atoms with Crippen LogP contribution in [0.3, 0.4) is 0 Å². The fourth-order valence-corrected chi connectivity index (χ4v) is 3.09. The second kappa shape index (κ2) is 5.93. The van der Waals surface area contributed by atoms with Crippen LogP contribution in [-0.2, 0) is 16.6 Å². The first kappa shape index (κ1) is 16.2. The first-order valence-electron chi connectivity index (χ1n) is 7.14. The third-order valence-electron chi connectivity index (χ3n) is 3.98. The molecular formula is C15H23FN2O2S. The minimum atomic E-state index is -3.47. The third kappa shape index (κ3) is 4.68. The number of sulfonamides is 1. The SMILES string of the molecule is CC1(C)CCN(Cc2cccc(NS(C)(=O)=O)c2F)CC1. The Morgan fingerprint density at radius 1 is 1.29 bits per heavy atom. The molecule has 0 spiro atoms. The van der Waals surface area contributed by atoms with Crippen LogP contribution < -0.4 is 4.72 Å². The summed E-state index contributed by atoms with van der Waals surface area (Å²) in [6.45, 7) is 6.90. The minimum Gasteiger partial charge on any atom is -0.299 e. The molecule has 1 aromatic carbocycles. The molecule has 1 aliphatic rings. The van der Waals surface area contributed by atoms with Crippen molar-refractivity contribution < 1.29 is 12.8 Å². The van der Waals surface area contributed by atoms with Crippen molar-refractivity contribution in [3.05, 3.63) is 29.6 Å². The summed E-state index contributed by atoms with van der Waals surface area (Å²) >= 11 is 0. The van der Waals surface area contributed by atoms with Crippen molar-refractivity contribution in [3.63, 3.8) is 0 Å². The molecular weight excluding hydrogens is 291 g/mol. The molecule has 1 aromatic rings. The molecule has 0 radical (unpaired) electrons. The van der Waals surface area contributed by atoms with Crippen LogP contribution in [0.2, 0.25) is 0 Å². The Morgan fingerprint density at radius 2 is 1.90 bits per heavy atom. The maximum atomic E-state index is 14.4. The van der Waals surface area contributed by atoms with Gasteiger partial charge in [0.25, 0.3) is 0 Å². The zero-order valence-corrected chi connectivity index (χ0v) is 13.6. The smallest absolute Gasteiger partial charge is 0.229 e. The van der Waals surface area contributed by atoms with Gasteiger partial charge in [0, 0.05) is 12.1 Å². The van der Waals surface area contributed by atoms with Gasteiger partial charge in [0.1, 0.15) is 0 Å². The third-order valence-corrected chi connectivity index (χ3v) is 4.57. The summed E-state index contributed by atoms with van der Waals surface area (Å²) in [5.74, 6) is -0.479. The van der Waals surface area contributed by atoms with Crippen LogP contribution in [0, 0.1) is 11.2 Å². The van der Waals surface area contributed by atoms with E-state index in [1.165, 1.54) is 6.07 Å². The fourth-order valence-electron chi connectivity index (χ4n) is 2.54. The number of hydrogen-bond acceptors (Lipinski definition) is 3. The molecule has 1 heterocycles. The van der Waals surface area contributed by atoms with Gasteiger partial charge in [0.15, 0.2) is 5.82 Å². The van der Waals surface area contributed by atoms with Gasteiger partial charge in [0.2, 0.25) is 10.0 Å². The molecule has 0 atom stereocenters. The molecule has 6 heteroatoms. The monoisotopic (exact) mass is 314 g/mol. The molecule has 0 amide bonds. The van der Waals surface area contributed by atoms with Crippen molar-refractivity contribution >= 4 is 15.7 Å². The van der Waals surface area contributed by atoms with Crippen LogP contribution in [0.4, 0.5) is 10.1 Å². The molecule has 1 saturated heterocycles. The molecule has 118 valence electrons. The molecule has 0 aliphatic carbocycles. The highest BCUT2D eigenvalue weighted by molar-refractivity contribution is 7.92. The van der Waals surface area contributed by atoms with E-state index in [1.807, 2.05) is 0 Å². The summed E-state index contributed by atoms with van der Waals surface area (Å²) in [7, 11) is -3.47. The van der Waals surface area contributed by atoms with E-state index < -0.39 is 15.8 Å². The van der Waals surface area contributed by atoms with Gasteiger partial charge >= 0.3 is 0 Å². The second-order valence-electron chi connectivity index (χ2n) is 6.59. The Labute approximate surface area is 126 Å². The van der Waals surface area contributed by atoms with Crippen LogP contribution in [0.15, 0.2) is 18.2 Å². The van der Waals surface area contributed by atoms with Crippen molar-refractivity contribution in [1.82, 2.24) is 4.90 Å². The average molecular weight is 314 g/mol. The highest BCUT2D eigenvalue weighted by Gasteiger charge is 2.25. The maximum Gasteiger partial charge on any atom is 0.229 e. The highest BCUT2D eigenvalue weighted by atomic mass is 32.2. The average Bonchev–Trinajstić information content (AvgIpc) is 2.35. The van der Waals surface area contributed by atoms with E-state index in [0.29, 0.717) is 17.5 Å². The number of nitrogens with one attached hydrogen (secondary N) is 1. The van der Waals surface area contributed by atoms with Crippen molar-refractivity contribution in [3.8, 4) is 0 Å². The zero-order chi connectivity index (χ0) is 15.7. The first-order chi connectivity index (χ1) is 9.66. The quantitative estimate of drug-likeness (QED) is 0.930. The minimum absolute atomic E-state index is 0.0207. The van der Waals surface area contributed by atoms with E-state index in [4.69, 9.17) is 0 Å². The fraction of sp³-hybridized carbons (Fsp3) is 0.600. The number of likely N-dealkylation sites (tertiary alicyclic amines) is 1. The predicted octanol–water partition coefficient (Wildman–Crippen LogP) is 2.82. The van der Waals surface area contributed by atoms with E-state index in [-0.39, 0.29) is 5.69 Å². The highest BCUT2D eigenvalue weighted by Crippen LogP contribution is 2.31. The molecule has 21 heavy (non-hydrogen) atoms. The zero-order valence-electron chi connectivity index (χ0n) is 12.8. The Balaban J connectivity index is 2.09. The molecule has 0 bridgehead atoms. The van der Waals surface area contributed by atoms with Gasteiger partial charge in [-0.15, -0.1) is 0 Å². The van der Waals surface area contributed by atoms with E-state index in [1.54, 1.807) is 12.1 Å². The van der Waals surface area contributed by atoms with E-state index in [0.717, 1.165) is 32.2 Å². The first-order valence-corrected chi connectivity index (χ1v) is 9.03. The Morgan fingerprint density at radius 3 is 2.48 bits per heavy atom. The van der Waals surface area contributed by atoms with Gasteiger partial charge in [-0.05, 0) is 37.4 Å². The standard InChI is InChI=1S/C15H23FN2O2S/c1-15(2)7-9-18(10-8-15)11-12-5-4-6-13(14(12)16)17-21(3,19)20/h4-6,17H,7-11H2,1-3H3. The second-order valence-corrected chi connectivity index (χ2v) is 8.34. The van der Waals surface area contributed by atoms with Crippen LogP contribution in [0.1, 0.15) is 32.3 Å². The number of rotatable bonds is 4. The van der Waals surface area contributed by atoms with E-state index in [2.05, 4.69) is 23.5 Å². The van der Waals surface area contributed by atoms with Gasteiger partial charge < -0.3 is 0 Å². The Bertz CT molecular complexity index is 604. The molecule has 4 nitrogen and oxygen atoms in total. The van der Waals surface area contributed by atoms with Crippen LogP contribution in [-0.4, -0.2) is 32.7 Å². The van der Waals surface area contributed by atoms with Crippen molar-refractivity contribution in [2.24, 2.45) is 5.41 Å². The van der Waals surface area contributed by atoms with Crippen molar-refractivity contribution in [2.75, 3.05) is 24.1 Å². The molecule has 1 N–H and O–H groups in total. The number of nitrogens with zero attached hydrogens (tertiary/aromatic N) is 1. The summed E-state index contributed by atoms with van der Waals surface area (Å²) < 4.78 is 39.1. The van der Waals surface area contributed by atoms with E-state index >= 15 is 0 Å². The Hall–Kier alpha value is -1.14. The maximum absolute atomic E-state index is 14.4. The number of hydrogen-bond donors (Lipinski definition) is 1. The van der Waals surface area contributed by atoms with Crippen LogP contribution in [0.5, 0.6) is 0 Å². The summed E-state index contributed by atoms with van der Waals surface area (Å²) in [4.78, 5) is 2.22. The molecule has 1 fully saturated rings. The lowest BCUT2D eigenvalue weighted by Gasteiger charge is -2.37. The van der Waals surface area contributed by atoms with E-state index in [9.17, 15) is 12.8 Å².